The number of piperidine rings is 3. The van der Waals surface area contributed by atoms with Crippen molar-refractivity contribution in [2.24, 2.45) is 0 Å². The molecule has 2 saturated carbocycles. The van der Waals surface area contributed by atoms with Crippen LogP contribution in [0.1, 0.15) is 155 Å². The first-order chi connectivity index (χ1) is 68.1. The number of carbonyl (C=O) groups excluding carboxylic acids is 4. The zero-order valence-corrected chi connectivity index (χ0v) is 82.8. The van der Waals surface area contributed by atoms with Crippen LogP contribution in [0.15, 0.2) is 129 Å². The summed E-state index contributed by atoms with van der Waals surface area (Å²) in [6.45, 7) is 14.7. The lowest BCUT2D eigenvalue weighted by Crippen LogP contribution is -2.44. The molecule has 4 saturated heterocycles. The molecule has 8 aromatic heterocycles. The number of piperazine rings is 1. The summed E-state index contributed by atoms with van der Waals surface area (Å²) in [5, 5.41) is 29.1. The summed E-state index contributed by atoms with van der Waals surface area (Å²) in [6, 6.07) is 23.7. The van der Waals surface area contributed by atoms with Gasteiger partial charge in [-0.2, -0.15) is 19.9 Å². The standard InChI is InChI=1S/C26H31ClN6O3.C25H29ClN6O3.C24H28ClFN6O3.C23H27ClFN7O3/c1-28-23(34)16-36-22-14-17-13-18(9-10-21(17)33(25(22)35)19-7-3-4-8-19)30-24-20(27)15-29-26(31-24)32-11-5-2-6-12-32;1-27-22(33)15-35-21-13-16-12-17(8-9-20(16)32(24(21)34)18-6-5-7-18)29-23-19(26)14-28-25(30-23)31-10-3-2-4-11-31;1-14(2)32-18-8-7-17(21(26)15(18)11-19(23(32)34)35-13-20(33)27-3)29-22-16(25)12-28-24(30-22)31-9-5-4-6-10-31;1-13(2)32-17-5-4-16(20(25)14(17)10-18(22(32)34)35-12-19(33)26-3)29-21-15(24)11-28-23(30-21)31-8-6-27-7-9-31/h9-10,13-15,19H,2-8,11-12,16H2,1H3,(H,28,34)(H,29,30,31);8-9,12-14,18H,2-7,10-11,15H2,1H3,(H,27,33)(H,28,29,30);7-8,11-12,14H,4-6,9-10,13H2,1-3H3,(H,27,33)(H,28,29,30);4-5,10-11,13,27H,6-9,12H2,1-3H3,(H,26,33)(H,28,29,30). The quantitative estimate of drug-likeness (QED) is 0.0220. The first-order valence-corrected chi connectivity index (χ1v) is 49.0. The molecule has 12 heterocycles. The number of amides is 4. The van der Waals surface area contributed by atoms with Gasteiger partial charge in [0.1, 0.15) is 20.1 Å². The summed E-state index contributed by atoms with van der Waals surface area (Å²) in [7, 11) is 5.99. The third-order valence-electron chi connectivity index (χ3n) is 25.2. The fraction of sp³-hybridized carbons (Fsp3) is 0.429. The van der Waals surface area contributed by atoms with Gasteiger partial charge in [0.15, 0.2) is 84.3 Å². The van der Waals surface area contributed by atoms with E-state index in [4.69, 9.17) is 65.4 Å². The third-order valence-corrected chi connectivity index (χ3v) is 26.3. The number of ether oxygens (including phenoxy) is 4. The van der Waals surface area contributed by atoms with Gasteiger partial charge in [-0.15, -0.1) is 0 Å². The molecule has 0 atom stereocenters. The van der Waals surface area contributed by atoms with E-state index in [0.717, 1.165) is 182 Å². The lowest BCUT2D eigenvalue weighted by Gasteiger charge is -2.29. The maximum atomic E-state index is 15.8. The number of halogens is 6. The molecule has 0 unspecified atom stereocenters. The molecule has 4 aliphatic heterocycles. The predicted octanol–water partition coefficient (Wildman–Crippen LogP) is 14.9. The molecule has 4 amide bonds. The minimum absolute atomic E-state index is 0.113. The summed E-state index contributed by atoms with van der Waals surface area (Å²) in [5.74, 6) is 1.49. The molecular formula is C98H115Cl4F2N25O12. The molecular weight excluding hydrogens is 1900 g/mol. The summed E-state index contributed by atoms with van der Waals surface area (Å²) in [6.07, 6.45) is 23.6. The van der Waals surface area contributed by atoms with Gasteiger partial charge in [-0.1, -0.05) is 59.2 Å². The first kappa shape index (κ1) is 102. The number of aromatic nitrogens is 12. The number of nitrogens with zero attached hydrogens (tertiary/aromatic N) is 16. The summed E-state index contributed by atoms with van der Waals surface area (Å²) >= 11 is 25.5. The van der Waals surface area contributed by atoms with Crippen LogP contribution >= 0.6 is 46.4 Å². The Morgan fingerprint density at radius 3 is 0.979 bits per heavy atom. The smallest absolute Gasteiger partial charge is 0.293 e. The van der Waals surface area contributed by atoms with Crippen molar-refractivity contribution in [3.05, 3.63) is 183 Å². The molecule has 0 spiro atoms. The van der Waals surface area contributed by atoms with E-state index in [-0.39, 0.29) is 140 Å². The van der Waals surface area contributed by atoms with Crippen LogP contribution in [-0.2, 0) is 19.2 Å². The first-order valence-electron chi connectivity index (χ1n) is 47.5. The average molecular weight is 2010 g/mol. The highest BCUT2D eigenvalue weighted by molar-refractivity contribution is 6.34. The second-order valence-electron chi connectivity index (χ2n) is 35.4. The van der Waals surface area contributed by atoms with Crippen LogP contribution in [0.3, 0.4) is 0 Å². The topological polar surface area (TPSA) is 418 Å². The normalized spacial score (nSPS) is 15.0. The van der Waals surface area contributed by atoms with Gasteiger partial charge in [-0.05, 0) is 203 Å². The van der Waals surface area contributed by atoms with Crippen molar-refractivity contribution < 1.29 is 46.9 Å². The SMILES string of the molecule is CNC(=O)COc1cc2c(F)c(Nc3nc(N4CCCCC4)ncc3Cl)ccc2n(C(C)C)c1=O.CNC(=O)COc1cc2c(F)c(Nc3nc(N4CCNCC4)ncc3Cl)ccc2n(C(C)C)c1=O.CNC(=O)COc1cc2cc(Nc3nc(N4CCCCC4)ncc3Cl)ccc2n(C2CCC2)c1=O.CNC(=O)COc1cc2cc(Nc3nc(N4CCCCC4)ncc3Cl)ccc2n(C2CCCC2)c1=O. The molecule has 18 rings (SSSR count). The van der Waals surface area contributed by atoms with E-state index in [1.54, 1.807) is 47.3 Å². The van der Waals surface area contributed by atoms with Crippen molar-refractivity contribution >= 4 is 183 Å². The number of hydrogen-bond donors (Lipinski definition) is 9. The number of benzene rings is 4. The summed E-state index contributed by atoms with van der Waals surface area (Å²) < 4.78 is 60.1. The van der Waals surface area contributed by atoms with E-state index >= 15 is 8.78 Å². The summed E-state index contributed by atoms with van der Waals surface area (Å²) in [4.78, 5) is 143. The largest absolute Gasteiger partial charge is 0.478 e. The Hall–Kier alpha value is -13.5. The number of anilines is 12. The van der Waals surface area contributed by atoms with Gasteiger partial charge in [-0.25, -0.2) is 28.7 Å². The van der Waals surface area contributed by atoms with Crippen molar-refractivity contribution in [2.45, 2.75) is 155 Å². The van der Waals surface area contributed by atoms with Gasteiger partial charge in [0.25, 0.3) is 45.9 Å². The lowest BCUT2D eigenvalue weighted by atomic mass is 9.92. The number of pyridine rings is 4. The Bertz CT molecular complexity index is 6630. The Balaban J connectivity index is 0.000000142. The molecule has 0 bridgehead atoms. The van der Waals surface area contributed by atoms with Crippen molar-refractivity contribution in [2.75, 3.05) is 161 Å². The maximum absolute atomic E-state index is 15.8. The van der Waals surface area contributed by atoms with Crippen molar-refractivity contribution in [1.82, 2.24) is 84.7 Å². The molecule has 4 aromatic carbocycles. The van der Waals surface area contributed by atoms with Crippen LogP contribution in [0.25, 0.3) is 43.6 Å². The fourth-order valence-corrected chi connectivity index (χ4v) is 18.1. The Labute approximate surface area is 831 Å². The van der Waals surface area contributed by atoms with E-state index in [9.17, 15) is 38.4 Å². The van der Waals surface area contributed by atoms with Crippen LogP contribution in [0.4, 0.5) is 78.6 Å². The van der Waals surface area contributed by atoms with Gasteiger partial charge >= 0.3 is 0 Å². The van der Waals surface area contributed by atoms with Crippen molar-refractivity contribution in [3.8, 4) is 23.0 Å². The number of rotatable bonds is 28. The summed E-state index contributed by atoms with van der Waals surface area (Å²) in [5.41, 5.74) is 2.98. The van der Waals surface area contributed by atoms with Crippen LogP contribution in [0.5, 0.6) is 23.0 Å². The van der Waals surface area contributed by atoms with Gasteiger partial charge in [0.2, 0.25) is 23.8 Å². The Morgan fingerprint density at radius 2 is 0.674 bits per heavy atom. The average Bonchev–Trinajstić information content (AvgIpc) is 1.28. The molecule has 141 heavy (non-hydrogen) atoms. The highest BCUT2D eigenvalue weighted by Crippen LogP contribution is 2.40. The van der Waals surface area contributed by atoms with Gasteiger partial charge in [0, 0.05) is 151 Å². The third kappa shape index (κ3) is 24.4. The predicted molar refractivity (Wildman–Crippen MR) is 547 cm³/mol. The zero-order valence-electron chi connectivity index (χ0n) is 79.7. The lowest BCUT2D eigenvalue weighted by molar-refractivity contribution is -0.123. The minimum atomic E-state index is -0.611. The number of hydrogen-bond acceptors (Lipinski definition) is 29. The van der Waals surface area contributed by atoms with E-state index in [1.807, 2.05) is 73.6 Å². The Morgan fingerprint density at radius 1 is 0.376 bits per heavy atom. The fourth-order valence-electron chi connectivity index (χ4n) is 17.6. The molecule has 9 N–H and O–H groups in total. The number of likely N-dealkylation sites (N-methyl/N-ethyl adjacent to an activating group) is 4. The van der Waals surface area contributed by atoms with Gasteiger partial charge in [-0.3, -0.25) is 38.4 Å². The molecule has 6 fully saturated rings. The van der Waals surface area contributed by atoms with E-state index < -0.39 is 34.6 Å². The highest BCUT2D eigenvalue weighted by atomic mass is 35.5. The number of fused-ring (bicyclic) bond motifs is 4. The molecule has 6 aliphatic rings. The van der Waals surface area contributed by atoms with E-state index in [0.29, 0.717) is 56.5 Å². The van der Waals surface area contributed by atoms with Crippen molar-refractivity contribution in [3.63, 3.8) is 0 Å². The number of carbonyl (C=O) groups is 4. The molecule has 2 aliphatic carbocycles. The number of nitrogens with one attached hydrogen (secondary N) is 9. The molecule has 43 heteroatoms. The van der Waals surface area contributed by atoms with E-state index in [1.165, 1.54) is 87.2 Å². The van der Waals surface area contributed by atoms with Crippen LogP contribution in [0.2, 0.25) is 20.1 Å². The Kier molecular flexibility index (Phi) is 34.1. The minimum Gasteiger partial charge on any atom is -0.478 e. The van der Waals surface area contributed by atoms with Gasteiger partial charge in [0.05, 0.1) is 58.2 Å². The molecule has 37 nitrogen and oxygen atoms in total. The zero-order chi connectivity index (χ0) is 99.7. The van der Waals surface area contributed by atoms with E-state index in [2.05, 4.69) is 102 Å². The molecule has 0 radical (unpaired) electrons. The van der Waals surface area contributed by atoms with Crippen LogP contribution in [0, 0.1) is 11.6 Å². The van der Waals surface area contributed by atoms with Crippen LogP contribution in [-0.4, -0.2) is 202 Å². The maximum Gasteiger partial charge on any atom is 0.293 e. The van der Waals surface area contributed by atoms with Gasteiger partial charge < -0.3 is 105 Å². The monoisotopic (exact) mass is 2010 g/mol. The van der Waals surface area contributed by atoms with Crippen molar-refractivity contribution in [1.29, 1.82) is 0 Å². The highest BCUT2D eigenvalue weighted by Gasteiger charge is 2.30. The second kappa shape index (κ2) is 47.2. The van der Waals surface area contributed by atoms with Crippen LogP contribution < -0.4 is 109 Å². The second-order valence-corrected chi connectivity index (χ2v) is 37.0. The molecule has 12 aromatic rings. The molecule has 746 valence electrons.